The van der Waals surface area contributed by atoms with Crippen molar-refractivity contribution >= 4 is 57.4 Å². The molecule has 1 fully saturated rings. The Morgan fingerprint density at radius 3 is 2.92 bits per heavy atom. The molecule has 0 bridgehead atoms. The van der Waals surface area contributed by atoms with Gasteiger partial charge in [0.15, 0.2) is 0 Å². The van der Waals surface area contributed by atoms with E-state index in [9.17, 15) is 4.79 Å². The van der Waals surface area contributed by atoms with Crippen molar-refractivity contribution in [2.75, 3.05) is 19.8 Å². The number of carbonyl (C=O) groups excluding carboxylic acids is 1. The molecule has 0 saturated carbocycles. The zero-order valence-corrected chi connectivity index (χ0v) is 7.58. The zero-order valence-electron chi connectivity index (χ0n) is 7.58. The van der Waals surface area contributed by atoms with Crippen LogP contribution in [0.15, 0.2) is 0 Å². The number of hydrogen-bond acceptors (Lipinski definition) is 4. The van der Waals surface area contributed by atoms with Crippen LogP contribution in [0.5, 0.6) is 0 Å². The molecule has 1 aliphatic heterocycles. The third-order valence-electron chi connectivity index (χ3n) is 1.81. The summed E-state index contributed by atoms with van der Waals surface area (Å²) in [6.45, 7) is 5.71. The molecule has 1 heterocycles. The van der Waals surface area contributed by atoms with Crippen molar-refractivity contribution in [2.24, 2.45) is 0 Å². The second kappa shape index (κ2) is 7.34. The Morgan fingerprint density at radius 2 is 2.38 bits per heavy atom. The molecule has 13 heavy (non-hydrogen) atoms. The molecule has 1 aliphatic rings. The van der Waals surface area contributed by atoms with Crippen LogP contribution in [0.25, 0.3) is 0 Å². The molecule has 0 aromatic heterocycles. The van der Waals surface area contributed by atoms with Gasteiger partial charge in [-0.1, -0.05) is 6.92 Å². The van der Waals surface area contributed by atoms with Gasteiger partial charge in [0.05, 0.1) is 25.8 Å². The molecule has 4 nitrogen and oxygen atoms in total. The van der Waals surface area contributed by atoms with E-state index in [1.807, 2.05) is 6.92 Å². The van der Waals surface area contributed by atoms with Crippen molar-refractivity contribution in [3.8, 4) is 0 Å². The van der Waals surface area contributed by atoms with Crippen LogP contribution in [-0.2, 0) is 14.4 Å². The fourth-order valence-electron chi connectivity index (χ4n) is 1.04. The fraction of sp³-hybridized carbons (Fsp3) is 0.875. The van der Waals surface area contributed by atoms with Gasteiger partial charge in [-0.2, -0.15) is 0 Å². The van der Waals surface area contributed by atoms with Crippen LogP contribution in [-0.4, -0.2) is 88.2 Å². The van der Waals surface area contributed by atoms with E-state index in [1.165, 1.54) is 0 Å². The number of nitrogens with zero attached hydrogens (tertiary/aromatic N) is 1. The van der Waals surface area contributed by atoms with Crippen LogP contribution < -0.4 is 0 Å². The number of morpholine rings is 1. The second-order valence-corrected chi connectivity index (χ2v) is 2.88. The van der Waals surface area contributed by atoms with Crippen LogP contribution in [0.4, 0.5) is 0 Å². The summed E-state index contributed by atoms with van der Waals surface area (Å²) in [4.78, 5) is 16.0. The standard InChI is InChI=1S/C8H15NO3.K.H/c1-3-8(10)12-9-4-5-11-6-7(9)2;;/h7H,3-6H2,1-2H3;;. The Bertz CT molecular complexity index is 165. The number of ether oxygens (including phenoxy) is 1. The number of rotatable bonds is 2. The van der Waals surface area contributed by atoms with Crippen LogP contribution in [0.3, 0.4) is 0 Å². The molecule has 0 aliphatic carbocycles. The molecule has 0 aromatic carbocycles. The van der Waals surface area contributed by atoms with E-state index in [4.69, 9.17) is 9.57 Å². The Labute approximate surface area is 121 Å². The number of carbonyl (C=O) groups is 1. The third kappa shape index (κ3) is 4.87. The van der Waals surface area contributed by atoms with Gasteiger partial charge in [0.25, 0.3) is 0 Å². The summed E-state index contributed by atoms with van der Waals surface area (Å²) < 4.78 is 5.19. The van der Waals surface area contributed by atoms with Gasteiger partial charge in [-0.05, 0) is 6.92 Å². The molecule has 0 radical (unpaired) electrons. The van der Waals surface area contributed by atoms with Crippen molar-refractivity contribution in [3.05, 3.63) is 0 Å². The molecule has 1 atom stereocenters. The van der Waals surface area contributed by atoms with Gasteiger partial charge in [-0.15, -0.1) is 5.06 Å². The third-order valence-corrected chi connectivity index (χ3v) is 1.81. The first-order chi connectivity index (χ1) is 5.74. The SMILES string of the molecule is CCC(=O)ON1CCOCC1C.[KH]. The first-order valence-corrected chi connectivity index (χ1v) is 4.29. The maximum atomic E-state index is 10.9. The van der Waals surface area contributed by atoms with Crippen LogP contribution in [0, 0.1) is 0 Å². The monoisotopic (exact) mass is 213 g/mol. The van der Waals surface area contributed by atoms with Gasteiger partial charge in [0.2, 0.25) is 0 Å². The molecular formula is C8H16KNO3. The van der Waals surface area contributed by atoms with Crippen molar-refractivity contribution in [2.45, 2.75) is 26.3 Å². The van der Waals surface area contributed by atoms with Crippen molar-refractivity contribution < 1.29 is 14.4 Å². The van der Waals surface area contributed by atoms with Gasteiger partial charge in [-0.3, -0.25) is 4.79 Å². The van der Waals surface area contributed by atoms with Gasteiger partial charge >= 0.3 is 57.4 Å². The van der Waals surface area contributed by atoms with Gasteiger partial charge in [0.1, 0.15) is 0 Å². The summed E-state index contributed by atoms with van der Waals surface area (Å²) in [6.07, 6.45) is 0.421. The Balaban J connectivity index is 0.00000144. The summed E-state index contributed by atoms with van der Waals surface area (Å²) in [5, 5.41) is 1.69. The Kier molecular flexibility index (Phi) is 7.91. The molecule has 1 saturated heterocycles. The molecule has 1 unspecified atom stereocenters. The van der Waals surface area contributed by atoms with Crippen molar-refractivity contribution in [3.63, 3.8) is 0 Å². The number of hydroxylamine groups is 2. The van der Waals surface area contributed by atoms with Gasteiger partial charge in [-0.25, -0.2) is 0 Å². The molecular weight excluding hydrogens is 197 g/mol. The van der Waals surface area contributed by atoms with Crippen molar-refractivity contribution in [1.82, 2.24) is 5.06 Å². The number of hydrogen-bond donors (Lipinski definition) is 0. The summed E-state index contributed by atoms with van der Waals surface area (Å²) in [5.41, 5.74) is 0. The predicted octanol–water partition coefficient (Wildman–Crippen LogP) is -0.0732. The quantitative estimate of drug-likeness (QED) is 0.602. The molecule has 0 spiro atoms. The fourth-order valence-corrected chi connectivity index (χ4v) is 1.04. The van der Waals surface area contributed by atoms with Crippen LogP contribution in [0.2, 0.25) is 0 Å². The van der Waals surface area contributed by atoms with Crippen LogP contribution >= 0.6 is 0 Å². The summed E-state index contributed by atoms with van der Waals surface area (Å²) in [7, 11) is 0. The van der Waals surface area contributed by atoms with E-state index >= 15 is 0 Å². The Hall–Kier alpha value is 1.03. The normalized spacial score (nSPS) is 23.4. The molecule has 72 valence electrons. The van der Waals surface area contributed by atoms with Gasteiger partial charge < -0.3 is 9.57 Å². The van der Waals surface area contributed by atoms with E-state index in [0.29, 0.717) is 26.2 Å². The Morgan fingerprint density at radius 1 is 1.69 bits per heavy atom. The maximum absolute atomic E-state index is 10.9. The summed E-state index contributed by atoms with van der Waals surface area (Å²) >= 11 is 0. The van der Waals surface area contributed by atoms with Crippen LogP contribution in [0.1, 0.15) is 20.3 Å². The predicted molar refractivity (Wildman–Crippen MR) is 50.5 cm³/mol. The van der Waals surface area contributed by atoms with E-state index in [2.05, 4.69) is 0 Å². The first kappa shape index (κ1) is 14.0. The zero-order chi connectivity index (χ0) is 8.97. The summed E-state index contributed by atoms with van der Waals surface area (Å²) in [5.74, 6) is -0.177. The van der Waals surface area contributed by atoms with E-state index in [-0.39, 0.29) is 63.4 Å². The molecule has 1 rings (SSSR count). The first-order valence-electron chi connectivity index (χ1n) is 4.29. The van der Waals surface area contributed by atoms with E-state index < -0.39 is 0 Å². The average Bonchev–Trinajstić information content (AvgIpc) is 2.09. The second-order valence-electron chi connectivity index (χ2n) is 2.88. The van der Waals surface area contributed by atoms with Crippen molar-refractivity contribution in [1.29, 1.82) is 0 Å². The molecule has 5 heteroatoms. The van der Waals surface area contributed by atoms with Gasteiger partial charge in [0, 0.05) is 6.42 Å². The topological polar surface area (TPSA) is 38.8 Å². The van der Waals surface area contributed by atoms with E-state index in [0.717, 1.165) is 0 Å². The minimum absolute atomic E-state index is 0. The molecule has 0 aromatic rings. The molecule has 0 N–H and O–H groups in total. The molecule has 0 amide bonds. The summed E-state index contributed by atoms with van der Waals surface area (Å²) in [6, 6.07) is 0.175. The average molecular weight is 213 g/mol. The minimum atomic E-state index is -0.177. The van der Waals surface area contributed by atoms with E-state index in [1.54, 1.807) is 12.0 Å².